The molecule has 40 heavy (non-hydrogen) atoms. The van der Waals surface area contributed by atoms with Crippen LogP contribution in [0.3, 0.4) is 0 Å². The smallest absolute Gasteiger partial charge is 0.137 e. The van der Waals surface area contributed by atoms with E-state index in [1.807, 2.05) is 12.3 Å². The van der Waals surface area contributed by atoms with Crippen molar-refractivity contribution < 1.29 is 0 Å². The molecule has 4 heteroatoms. The predicted molar refractivity (Wildman–Crippen MR) is 165 cm³/mol. The SMILES string of the molecule is c1ccc2c(c1)c1cc(-c3cc(-n4c5ccccc5c5ccccc54)ccn3)ccc1c1c2nc2ccccn21. The molecule has 0 saturated heterocycles. The maximum atomic E-state index is 5.01. The zero-order valence-electron chi connectivity index (χ0n) is 21.5. The second-order valence-corrected chi connectivity index (χ2v) is 10.3. The van der Waals surface area contributed by atoms with Crippen molar-refractivity contribution in [2.24, 2.45) is 0 Å². The van der Waals surface area contributed by atoms with Crippen LogP contribution in [-0.2, 0) is 0 Å². The third-order valence-electron chi connectivity index (χ3n) is 8.15. The molecule has 4 nitrogen and oxygen atoms in total. The molecule has 9 rings (SSSR count). The first kappa shape index (κ1) is 21.5. The lowest BCUT2D eigenvalue weighted by atomic mass is 9.97. The molecule has 0 unspecified atom stereocenters. The summed E-state index contributed by atoms with van der Waals surface area (Å²) in [4.78, 5) is 9.85. The van der Waals surface area contributed by atoms with Gasteiger partial charge in [-0.1, -0.05) is 78.9 Å². The topological polar surface area (TPSA) is 35.1 Å². The Balaban J connectivity index is 1.31. The van der Waals surface area contributed by atoms with Crippen molar-refractivity contribution in [3.05, 3.63) is 134 Å². The van der Waals surface area contributed by atoms with Crippen LogP contribution in [0.15, 0.2) is 134 Å². The number of nitrogens with zero attached hydrogens (tertiary/aromatic N) is 4. The summed E-state index contributed by atoms with van der Waals surface area (Å²) in [5.74, 6) is 0. The van der Waals surface area contributed by atoms with E-state index in [0.717, 1.165) is 39.0 Å². The van der Waals surface area contributed by atoms with Gasteiger partial charge in [0.2, 0.25) is 0 Å². The Bertz CT molecular complexity index is 2390. The van der Waals surface area contributed by atoms with Gasteiger partial charge in [0, 0.05) is 45.2 Å². The predicted octanol–water partition coefficient (Wildman–Crippen LogP) is 8.95. The maximum Gasteiger partial charge on any atom is 0.137 e. The third kappa shape index (κ3) is 2.90. The molecule has 4 heterocycles. The molecule has 4 aromatic heterocycles. The van der Waals surface area contributed by atoms with Crippen molar-refractivity contribution in [3.63, 3.8) is 0 Å². The highest BCUT2D eigenvalue weighted by atomic mass is 15.0. The van der Waals surface area contributed by atoms with E-state index < -0.39 is 0 Å². The monoisotopic (exact) mass is 510 g/mol. The number of aromatic nitrogens is 4. The fourth-order valence-corrected chi connectivity index (χ4v) is 6.42. The number of para-hydroxylation sites is 2. The van der Waals surface area contributed by atoms with Crippen molar-refractivity contribution in [1.82, 2.24) is 18.9 Å². The average molecular weight is 511 g/mol. The number of imidazole rings is 1. The first-order valence-electron chi connectivity index (χ1n) is 13.5. The van der Waals surface area contributed by atoms with E-state index in [-0.39, 0.29) is 0 Å². The second-order valence-electron chi connectivity index (χ2n) is 10.3. The van der Waals surface area contributed by atoms with Crippen molar-refractivity contribution in [2.75, 3.05) is 0 Å². The van der Waals surface area contributed by atoms with Crippen LogP contribution in [0.4, 0.5) is 0 Å². The molecule has 0 spiro atoms. The largest absolute Gasteiger partial charge is 0.309 e. The summed E-state index contributed by atoms with van der Waals surface area (Å²) in [6, 6.07) is 43.0. The molecule has 0 N–H and O–H groups in total. The van der Waals surface area contributed by atoms with Gasteiger partial charge < -0.3 is 4.57 Å². The molecule has 0 atom stereocenters. The van der Waals surface area contributed by atoms with E-state index >= 15 is 0 Å². The van der Waals surface area contributed by atoms with Gasteiger partial charge in [-0.3, -0.25) is 9.38 Å². The van der Waals surface area contributed by atoms with Gasteiger partial charge >= 0.3 is 0 Å². The van der Waals surface area contributed by atoms with Crippen LogP contribution >= 0.6 is 0 Å². The number of hydrogen-bond acceptors (Lipinski definition) is 2. The molecule has 0 amide bonds. The summed E-state index contributed by atoms with van der Waals surface area (Å²) in [6.07, 6.45) is 4.02. The van der Waals surface area contributed by atoms with Crippen molar-refractivity contribution in [1.29, 1.82) is 0 Å². The van der Waals surface area contributed by atoms with Gasteiger partial charge in [-0.15, -0.1) is 0 Å². The molecule has 0 saturated carbocycles. The van der Waals surface area contributed by atoms with Crippen LogP contribution in [0.2, 0.25) is 0 Å². The van der Waals surface area contributed by atoms with Crippen LogP contribution in [-0.4, -0.2) is 18.9 Å². The van der Waals surface area contributed by atoms with Crippen LogP contribution in [0, 0.1) is 0 Å². The molecule has 0 aliphatic carbocycles. The van der Waals surface area contributed by atoms with Crippen molar-refractivity contribution in [2.45, 2.75) is 0 Å². The highest BCUT2D eigenvalue weighted by molar-refractivity contribution is 6.24. The van der Waals surface area contributed by atoms with Gasteiger partial charge in [0.15, 0.2) is 0 Å². The lowest BCUT2D eigenvalue weighted by molar-refractivity contribution is 1.16. The molecule has 5 aromatic carbocycles. The molecular formula is C36H22N4. The Labute approximate surface area is 229 Å². The lowest BCUT2D eigenvalue weighted by Crippen LogP contribution is -1.95. The fraction of sp³-hybridized carbons (Fsp3) is 0. The minimum absolute atomic E-state index is 0.948. The summed E-state index contributed by atoms with van der Waals surface area (Å²) >= 11 is 0. The number of pyridine rings is 2. The van der Waals surface area contributed by atoms with Crippen molar-refractivity contribution in [3.8, 4) is 16.9 Å². The molecule has 0 radical (unpaired) electrons. The van der Waals surface area contributed by atoms with Crippen molar-refractivity contribution >= 4 is 60.0 Å². The van der Waals surface area contributed by atoms with Crippen LogP contribution in [0.5, 0.6) is 0 Å². The average Bonchev–Trinajstić information content (AvgIpc) is 3.58. The highest BCUT2D eigenvalue weighted by Crippen LogP contribution is 2.38. The molecule has 0 aliphatic heterocycles. The minimum Gasteiger partial charge on any atom is -0.309 e. The first-order chi connectivity index (χ1) is 19.8. The van der Waals surface area contributed by atoms with Gasteiger partial charge in [-0.25, -0.2) is 4.98 Å². The zero-order chi connectivity index (χ0) is 26.2. The Morgan fingerprint density at radius 1 is 0.525 bits per heavy atom. The fourth-order valence-electron chi connectivity index (χ4n) is 6.42. The standard InChI is InChI=1S/C36H22N4/c1-2-12-28-25(9-1)30-21-23(16-17-29(30)36-35(28)38-34-15-7-8-20-39(34)36)31-22-24(18-19-37-31)40-32-13-5-3-10-26(32)27-11-4-6-14-33(27)40/h1-22H. The first-order valence-corrected chi connectivity index (χ1v) is 13.5. The lowest BCUT2D eigenvalue weighted by Gasteiger charge is -2.12. The Morgan fingerprint density at radius 2 is 1.23 bits per heavy atom. The van der Waals surface area contributed by atoms with Gasteiger partial charge in [0.05, 0.1) is 27.8 Å². The normalized spacial score (nSPS) is 12.0. The molecular weight excluding hydrogens is 488 g/mol. The highest BCUT2D eigenvalue weighted by Gasteiger charge is 2.16. The maximum absolute atomic E-state index is 5.01. The van der Waals surface area contributed by atoms with E-state index in [1.54, 1.807) is 0 Å². The van der Waals surface area contributed by atoms with Gasteiger partial charge in [-0.2, -0.15) is 0 Å². The number of benzene rings is 5. The number of fused-ring (bicyclic) bond motifs is 11. The van der Waals surface area contributed by atoms with E-state index in [0.29, 0.717) is 0 Å². The van der Waals surface area contributed by atoms with Gasteiger partial charge in [0.25, 0.3) is 0 Å². The number of hydrogen-bond donors (Lipinski definition) is 0. The third-order valence-corrected chi connectivity index (χ3v) is 8.15. The van der Waals surface area contributed by atoms with E-state index in [9.17, 15) is 0 Å². The quantitative estimate of drug-likeness (QED) is 0.218. The summed E-state index contributed by atoms with van der Waals surface area (Å²) in [7, 11) is 0. The van der Waals surface area contributed by atoms with Gasteiger partial charge in [0.1, 0.15) is 5.65 Å². The molecule has 9 aromatic rings. The van der Waals surface area contributed by atoms with E-state index in [2.05, 4.69) is 130 Å². The van der Waals surface area contributed by atoms with E-state index in [1.165, 1.54) is 38.0 Å². The Morgan fingerprint density at radius 3 is 2.02 bits per heavy atom. The molecule has 0 aliphatic rings. The summed E-state index contributed by atoms with van der Waals surface area (Å²) in [5.41, 5.74) is 8.67. The Kier molecular flexibility index (Phi) is 4.30. The molecule has 0 bridgehead atoms. The zero-order valence-corrected chi connectivity index (χ0v) is 21.5. The van der Waals surface area contributed by atoms with Crippen LogP contribution in [0.1, 0.15) is 0 Å². The molecule has 186 valence electrons. The van der Waals surface area contributed by atoms with E-state index in [4.69, 9.17) is 9.97 Å². The minimum atomic E-state index is 0.948. The number of rotatable bonds is 2. The Hall–Kier alpha value is -5.48. The van der Waals surface area contributed by atoms with Crippen LogP contribution < -0.4 is 0 Å². The summed E-state index contributed by atoms with van der Waals surface area (Å²) in [5, 5.41) is 7.27. The van der Waals surface area contributed by atoms with Crippen LogP contribution in [0.25, 0.3) is 77.0 Å². The molecule has 0 fully saturated rings. The summed E-state index contributed by atoms with van der Waals surface area (Å²) in [6.45, 7) is 0. The van der Waals surface area contributed by atoms with Gasteiger partial charge in [-0.05, 0) is 53.2 Å². The second kappa shape index (κ2) is 8.01. The summed E-state index contributed by atoms with van der Waals surface area (Å²) < 4.78 is 4.54.